The van der Waals surface area contributed by atoms with Crippen LogP contribution in [0.1, 0.15) is 37.6 Å². The second-order valence-corrected chi connectivity index (χ2v) is 8.41. The molecule has 0 bridgehead atoms. The molecule has 1 aliphatic heterocycles. The average Bonchev–Trinajstić information content (AvgIpc) is 3.42. The number of hydrogen-bond acceptors (Lipinski definition) is 5. The standard InChI is InChI=1S/C19H29BrN6O/c1-4-15-14(20)7-8-16(23-15)18(21)17(25(3)22)11-26-10-13(9-12-5-6-12)24(2)19(26)27/h7-8,12-13H,4-6,9-11,21-22H2,1-3H3/b18-17-. The molecule has 1 unspecified atom stereocenters. The summed E-state index contributed by atoms with van der Waals surface area (Å²) >= 11 is 3.51. The lowest BCUT2D eigenvalue weighted by atomic mass is 10.1. The van der Waals surface area contributed by atoms with Gasteiger partial charge in [-0.2, -0.15) is 0 Å². The second-order valence-electron chi connectivity index (χ2n) is 7.56. The quantitative estimate of drug-likeness (QED) is 0.505. The maximum Gasteiger partial charge on any atom is 0.320 e. The molecule has 3 rings (SSSR count). The summed E-state index contributed by atoms with van der Waals surface area (Å²) < 4.78 is 0.962. The van der Waals surface area contributed by atoms with Crippen LogP contribution in [0.25, 0.3) is 5.70 Å². The zero-order valence-corrected chi connectivity index (χ0v) is 17.9. The molecule has 8 heteroatoms. The number of amides is 2. The van der Waals surface area contributed by atoms with Crippen molar-refractivity contribution in [2.45, 2.75) is 38.6 Å². The van der Waals surface area contributed by atoms with Crippen molar-refractivity contribution in [1.29, 1.82) is 0 Å². The Labute approximate surface area is 169 Å². The number of rotatable bonds is 7. The molecule has 2 heterocycles. The van der Waals surface area contributed by atoms with Crippen LogP contribution in [0, 0.1) is 5.92 Å². The number of nitrogens with zero attached hydrogens (tertiary/aromatic N) is 4. The van der Waals surface area contributed by atoms with Crippen LogP contribution >= 0.6 is 15.9 Å². The molecule has 1 aromatic heterocycles. The number of urea groups is 1. The smallest absolute Gasteiger partial charge is 0.320 e. The van der Waals surface area contributed by atoms with E-state index in [0.717, 1.165) is 28.9 Å². The Hall–Kier alpha value is -1.80. The van der Waals surface area contributed by atoms with Gasteiger partial charge in [0.25, 0.3) is 0 Å². The Morgan fingerprint density at radius 2 is 2.11 bits per heavy atom. The molecule has 1 saturated carbocycles. The zero-order valence-electron chi connectivity index (χ0n) is 16.3. The second kappa shape index (κ2) is 8.06. The number of carbonyl (C=O) groups excluding carboxylic acids is 1. The minimum Gasteiger partial charge on any atom is -0.395 e. The van der Waals surface area contributed by atoms with Crippen molar-refractivity contribution in [2.75, 3.05) is 27.2 Å². The van der Waals surface area contributed by atoms with E-state index in [1.54, 1.807) is 7.05 Å². The molecular weight excluding hydrogens is 408 g/mol. The lowest BCUT2D eigenvalue weighted by Gasteiger charge is -2.24. The molecule has 4 N–H and O–H groups in total. The van der Waals surface area contributed by atoms with Crippen molar-refractivity contribution in [3.05, 3.63) is 33.7 Å². The van der Waals surface area contributed by atoms with Crippen LogP contribution in [0.4, 0.5) is 4.79 Å². The van der Waals surface area contributed by atoms with Crippen LogP contribution in [0.3, 0.4) is 0 Å². The predicted octanol–water partition coefficient (Wildman–Crippen LogP) is 2.38. The summed E-state index contributed by atoms with van der Waals surface area (Å²) in [4.78, 5) is 21.0. The highest BCUT2D eigenvalue weighted by atomic mass is 79.9. The van der Waals surface area contributed by atoms with Crippen LogP contribution in [0.15, 0.2) is 22.3 Å². The third-order valence-corrected chi connectivity index (χ3v) is 6.18. The van der Waals surface area contributed by atoms with Gasteiger partial charge in [0.1, 0.15) is 0 Å². The highest BCUT2D eigenvalue weighted by molar-refractivity contribution is 9.10. The fourth-order valence-electron chi connectivity index (χ4n) is 3.53. The predicted molar refractivity (Wildman–Crippen MR) is 110 cm³/mol. The third kappa shape index (κ3) is 4.38. The Bertz CT molecular complexity index is 746. The van der Waals surface area contributed by atoms with E-state index in [-0.39, 0.29) is 12.1 Å². The summed E-state index contributed by atoms with van der Waals surface area (Å²) in [6, 6.07) is 4.12. The van der Waals surface area contributed by atoms with Crippen LogP contribution in [-0.2, 0) is 6.42 Å². The van der Waals surface area contributed by atoms with Gasteiger partial charge in [0.05, 0.1) is 35.4 Å². The van der Waals surface area contributed by atoms with E-state index < -0.39 is 0 Å². The van der Waals surface area contributed by atoms with E-state index in [0.29, 0.717) is 30.2 Å². The summed E-state index contributed by atoms with van der Waals surface area (Å²) in [6.45, 7) is 3.14. The topological polar surface area (TPSA) is 91.7 Å². The number of pyridine rings is 1. The highest BCUT2D eigenvalue weighted by Crippen LogP contribution is 2.36. The van der Waals surface area contributed by atoms with E-state index in [1.165, 1.54) is 17.9 Å². The summed E-state index contributed by atoms with van der Waals surface area (Å²) in [5.41, 5.74) is 9.24. The van der Waals surface area contributed by atoms with Crippen molar-refractivity contribution < 1.29 is 4.79 Å². The Kier molecular flexibility index (Phi) is 5.95. The highest BCUT2D eigenvalue weighted by Gasteiger charge is 2.38. The average molecular weight is 437 g/mol. The van der Waals surface area contributed by atoms with Gasteiger partial charge in [-0.05, 0) is 46.8 Å². The first kappa shape index (κ1) is 19.9. The van der Waals surface area contributed by atoms with Crippen molar-refractivity contribution in [3.8, 4) is 0 Å². The maximum atomic E-state index is 12.7. The van der Waals surface area contributed by atoms with Gasteiger partial charge in [-0.3, -0.25) is 4.98 Å². The van der Waals surface area contributed by atoms with E-state index in [1.807, 2.05) is 35.9 Å². The van der Waals surface area contributed by atoms with Gasteiger partial charge >= 0.3 is 6.03 Å². The molecule has 2 aliphatic rings. The summed E-state index contributed by atoms with van der Waals surface area (Å²) in [5, 5.41) is 1.49. The molecular formula is C19H29BrN6O. The first-order valence-corrected chi connectivity index (χ1v) is 10.3. The van der Waals surface area contributed by atoms with Crippen molar-refractivity contribution in [3.63, 3.8) is 0 Å². The summed E-state index contributed by atoms with van der Waals surface area (Å²) in [5.74, 6) is 6.85. The molecule has 1 saturated heterocycles. The molecule has 1 aliphatic carbocycles. The van der Waals surface area contributed by atoms with E-state index in [4.69, 9.17) is 11.6 Å². The third-order valence-electron chi connectivity index (χ3n) is 5.46. The fraction of sp³-hybridized carbons (Fsp3) is 0.579. The Morgan fingerprint density at radius 3 is 2.70 bits per heavy atom. The van der Waals surface area contributed by atoms with Crippen LogP contribution in [0.5, 0.6) is 0 Å². The van der Waals surface area contributed by atoms with Gasteiger partial charge in [0.2, 0.25) is 0 Å². The van der Waals surface area contributed by atoms with Gasteiger partial charge < -0.3 is 20.5 Å². The SMILES string of the molecule is CCc1nc(/C(N)=C(\CN2CC(CC3CC3)N(C)C2=O)N(C)N)ccc1Br. The molecule has 7 nitrogen and oxygen atoms in total. The number of aromatic nitrogens is 1. The summed E-state index contributed by atoms with van der Waals surface area (Å²) in [7, 11) is 3.63. The molecule has 148 valence electrons. The normalized spacial score (nSPS) is 20.9. The maximum absolute atomic E-state index is 12.7. The van der Waals surface area contributed by atoms with Gasteiger partial charge in [-0.15, -0.1) is 0 Å². The molecule has 2 amide bonds. The van der Waals surface area contributed by atoms with E-state index in [9.17, 15) is 4.79 Å². The monoisotopic (exact) mass is 436 g/mol. The fourth-order valence-corrected chi connectivity index (χ4v) is 4.04. The lowest BCUT2D eigenvalue weighted by Crippen LogP contribution is -2.38. The van der Waals surface area contributed by atoms with Crippen molar-refractivity contribution in [2.24, 2.45) is 17.5 Å². The number of likely N-dealkylation sites (N-methyl/N-ethyl adjacent to an activating group) is 2. The van der Waals surface area contributed by atoms with Crippen LogP contribution in [0.2, 0.25) is 0 Å². The van der Waals surface area contributed by atoms with E-state index >= 15 is 0 Å². The number of hydrazine groups is 1. The molecule has 0 radical (unpaired) electrons. The molecule has 1 atom stereocenters. The number of halogens is 1. The van der Waals surface area contributed by atoms with Crippen LogP contribution < -0.4 is 11.6 Å². The Morgan fingerprint density at radius 1 is 1.41 bits per heavy atom. The van der Waals surface area contributed by atoms with Crippen molar-refractivity contribution in [1.82, 2.24) is 19.8 Å². The van der Waals surface area contributed by atoms with Gasteiger partial charge in [-0.1, -0.05) is 19.8 Å². The molecule has 27 heavy (non-hydrogen) atoms. The number of nitrogens with two attached hydrogens (primary N) is 2. The zero-order chi connectivity index (χ0) is 19.7. The Balaban J connectivity index is 1.82. The lowest BCUT2D eigenvalue weighted by molar-refractivity contribution is 0.194. The van der Waals surface area contributed by atoms with Crippen molar-refractivity contribution >= 4 is 27.7 Å². The minimum absolute atomic E-state index is 0.0332. The first-order chi connectivity index (χ1) is 12.8. The number of hydrogen-bond donors (Lipinski definition) is 2. The minimum atomic E-state index is 0.0332. The first-order valence-electron chi connectivity index (χ1n) is 9.46. The molecule has 0 aromatic carbocycles. The molecule has 0 spiro atoms. The van der Waals surface area contributed by atoms with Gasteiger partial charge in [0.15, 0.2) is 0 Å². The van der Waals surface area contributed by atoms with Gasteiger partial charge in [-0.25, -0.2) is 10.6 Å². The number of aryl methyl sites for hydroxylation is 1. The largest absolute Gasteiger partial charge is 0.395 e. The molecule has 1 aromatic rings. The van der Waals surface area contributed by atoms with E-state index in [2.05, 4.69) is 20.9 Å². The van der Waals surface area contributed by atoms with Gasteiger partial charge in [0, 0.05) is 25.1 Å². The summed E-state index contributed by atoms with van der Waals surface area (Å²) in [6.07, 6.45) is 4.46. The van der Waals surface area contributed by atoms with Crippen LogP contribution in [-0.4, -0.2) is 59.1 Å². The molecule has 2 fully saturated rings. The number of carbonyl (C=O) groups is 1.